The summed E-state index contributed by atoms with van der Waals surface area (Å²) in [4.78, 5) is 2.50. The summed E-state index contributed by atoms with van der Waals surface area (Å²) < 4.78 is 8.09. The lowest BCUT2D eigenvalue weighted by Crippen LogP contribution is -2.50. The molecule has 1 aromatic heterocycles. The molecule has 2 rings (SSSR count). The van der Waals surface area contributed by atoms with Crippen LogP contribution in [0.4, 0.5) is 0 Å². The maximum Gasteiger partial charge on any atom is 0.0898 e. The zero-order valence-corrected chi connectivity index (χ0v) is 13.9. The second-order valence-corrected chi connectivity index (χ2v) is 6.07. The summed E-state index contributed by atoms with van der Waals surface area (Å²) in [5, 5.41) is 8.04. The lowest BCUT2D eigenvalue weighted by molar-refractivity contribution is -0.0558. The molecule has 0 aromatic carbocycles. The first kappa shape index (κ1) is 16.5. The van der Waals surface area contributed by atoms with Gasteiger partial charge in [-0.3, -0.25) is 9.58 Å². The van der Waals surface area contributed by atoms with Gasteiger partial charge >= 0.3 is 0 Å². The second kappa shape index (κ2) is 7.92. The van der Waals surface area contributed by atoms with Crippen molar-refractivity contribution in [1.29, 1.82) is 0 Å². The van der Waals surface area contributed by atoms with Crippen molar-refractivity contribution < 1.29 is 4.74 Å². The summed E-state index contributed by atoms with van der Waals surface area (Å²) in [7, 11) is 0. The van der Waals surface area contributed by atoms with Crippen LogP contribution in [0, 0.1) is 0 Å². The molecule has 5 heteroatoms. The molecule has 0 saturated carbocycles. The van der Waals surface area contributed by atoms with Gasteiger partial charge in [0.15, 0.2) is 0 Å². The van der Waals surface area contributed by atoms with Gasteiger partial charge in [0.05, 0.1) is 24.9 Å². The number of nitrogens with one attached hydrogen (secondary N) is 1. The number of aromatic nitrogens is 2. The maximum absolute atomic E-state index is 6.06. The SMILES string of the molecule is CCCn1cc(C(NCC)C2CN(C(C)C)CCO2)cn1. The molecule has 0 aliphatic carbocycles. The lowest BCUT2D eigenvalue weighted by atomic mass is 10.0. The van der Waals surface area contributed by atoms with Crippen LogP contribution in [0.1, 0.15) is 45.7 Å². The fraction of sp³-hybridized carbons (Fsp3) is 0.812. The fourth-order valence-corrected chi connectivity index (χ4v) is 2.94. The molecule has 0 radical (unpaired) electrons. The van der Waals surface area contributed by atoms with E-state index in [4.69, 9.17) is 4.74 Å². The van der Waals surface area contributed by atoms with Crippen LogP contribution in [0.25, 0.3) is 0 Å². The Kier molecular flexibility index (Phi) is 6.21. The third-order valence-corrected chi connectivity index (χ3v) is 4.12. The highest BCUT2D eigenvalue weighted by molar-refractivity contribution is 5.13. The third kappa shape index (κ3) is 4.28. The van der Waals surface area contributed by atoms with Crippen LogP contribution in [-0.2, 0) is 11.3 Å². The van der Waals surface area contributed by atoms with Gasteiger partial charge in [-0.15, -0.1) is 0 Å². The first-order chi connectivity index (χ1) is 10.2. The lowest BCUT2D eigenvalue weighted by Gasteiger charge is -2.39. The second-order valence-electron chi connectivity index (χ2n) is 6.07. The van der Waals surface area contributed by atoms with E-state index in [1.165, 1.54) is 5.56 Å². The predicted molar refractivity (Wildman–Crippen MR) is 85.4 cm³/mol. The smallest absolute Gasteiger partial charge is 0.0898 e. The molecule has 0 bridgehead atoms. The fourth-order valence-electron chi connectivity index (χ4n) is 2.94. The number of nitrogens with zero attached hydrogens (tertiary/aromatic N) is 3. The van der Waals surface area contributed by atoms with Crippen molar-refractivity contribution in [2.45, 2.75) is 58.8 Å². The van der Waals surface area contributed by atoms with Gasteiger partial charge in [-0.05, 0) is 26.8 Å². The molecule has 2 atom stereocenters. The molecule has 2 unspecified atom stereocenters. The zero-order valence-electron chi connectivity index (χ0n) is 13.9. The monoisotopic (exact) mass is 294 g/mol. The van der Waals surface area contributed by atoms with Gasteiger partial charge < -0.3 is 10.1 Å². The molecule has 0 amide bonds. The van der Waals surface area contributed by atoms with Crippen molar-refractivity contribution in [3.63, 3.8) is 0 Å². The molecule has 1 aromatic rings. The number of hydrogen-bond donors (Lipinski definition) is 1. The highest BCUT2D eigenvalue weighted by Crippen LogP contribution is 2.23. The third-order valence-electron chi connectivity index (χ3n) is 4.12. The highest BCUT2D eigenvalue weighted by atomic mass is 16.5. The van der Waals surface area contributed by atoms with Gasteiger partial charge in [-0.2, -0.15) is 5.10 Å². The van der Waals surface area contributed by atoms with Crippen LogP contribution in [0.3, 0.4) is 0 Å². The van der Waals surface area contributed by atoms with E-state index >= 15 is 0 Å². The summed E-state index contributed by atoms with van der Waals surface area (Å²) in [6, 6.07) is 0.795. The Bertz CT molecular complexity index is 418. The largest absolute Gasteiger partial charge is 0.374 e. The molecule has 1 N–H and O–H groups in total. The minimum atomic E-state index is 0.195. The van der Waals surface area contributed by atoms with Gasteiger partial charge in [0.25, 0.3) is 0 Å². The van der Waals surface area contributed by atoms with E-state index in [2.05, 4.69) is 49.2 Å². The van der Waals surface area contributed by atoms with Crippen LogP contribution in [0.2, 0.25) is 0 Å². The van der Waals surface area contributed by atoms with Gasteiger partial charge in [0, 0.05) is 37.4 Å². The molecule has 1 saturated heterocycles. The van der Waals surface area contributed by atoms with Crippen molar-refractivity contribution in [2.75, 3.05) is 26.2 Å². The first-order valence-electron chi connectivity index (χ1n) is 8.27. The van der Waals surface area contributed by atoms with Gasteiger partial charge in [-0.1, -0.05) is 13.8 Å². The summed E-state index contributed by atoms with van der Waals surface area (Å²) in [6.45, 7) is 13.6. The standard InChI is InChI=1S/C16H30N4O/c1-5-7-20-11-14(10-18-20)16(17-6-2)15-12-19(13(3)4)8-9-21-15/h10-11,13,15-17H,5-9,12H2,1-4H3. The Morgan fingerprint density at radius 2 is 2.24 bits per heavy atom. The minimum Gasteiger partial charge on any atom is -0.374 e. The normalized spacial score (nSPS) is 21.9. The van der Waals surface area contributed by atoms with E-state index in [-0.39, 0.29) is 12.1 Å². The van der Waals surface area contributed by atoms with Crippen LogP contribution in [0.5, 0.6) is 0 Å². The van der Waals surface area contributed by atoms with E-state index in [1.54, 1.807) is 0 Å². The Hall–Kier alpha value is -0.910. The molecular weight excluding hydrogens is 264 g/mol. The number of hydrogen-bond acceptors (Lipinski definition) is 4. The number of aryl methyl sites for hydroxylation is 1. The first-order valence-corrected chi connectivity index (χ1v) is 8.27. The van der Waals surface area contributed by atoms with Crippen molar-refractivity contribution in [3.8, 4) is 0 Å². The van der Waals surface area contributed by atoms with E-state index in [0.717, 1.165) is 39.2 Å². The van der Waals surface area contributed by atoms with Crippen LogP contribution < -0.4 is 5.32 Å². The maximum atomic E-state index is 6.06. The number of likely N-dealkylation sites (N-methyl/N-ethyl adjacent to an activating group) is 1. The summed E-state index contributed by atoms with van der Waals surface area (Å²) >= 11 is 0. The minimum absolute atomic E-state index is 0.195. The molecule has 1 aliphatic heterocycles. The van der Waals surface area contributed by atoms with Crippen molar-refractivity contribution >= 4 is 0 Å². The highest BCUT2D eigenvalue weighted by Gasteiger charge is 2.30. The van der Waals surface area contributed by atoms with Crippen molar-refractivity contribution in [1.82, 2.24) is 20.0 Å². The number of ether oxygens (including phenoxy) is 1. The summed E-state index contributed by atoms with van der Waals surface area (Å²) in [5.74, 6) is 0. The van der Waals surface area contributed by atoms with Crippen molar-refractivity contribution in [3.05, 3.63) is 18.0 Å². The van der Waals surface area contributed by atoms with Crippen LogP contribution in [0.15, 0.2) is 12.4 Å². The van der Waals surface area contributed by atoms with Gasteiger partial charge in [-0.25, -0.2) is 0 Å². The van der Waals surface area contributed by atoms with Crippen molar-refractivity contribution in [2.24, 2.45) is 0 Å². The number of rotatable bonds is 7. The Labute approximate surface area is 128 Å². The molecule has 21 heavy (non-hydrogen) atoms. The van der Waals surface area contributed by atoms with E-state index in [0.29, 0.717) is 6.04 Å². The molecule has 1 aliphatic rings. The summed E-state index contributed by atoms with van der Waals surface area (Å²) in [6.07, 6.45) is 5.45. The Morgan fingerprint density at radius 1 is 1.43 bits per heavy atom. The quantitative estimate of drug-likeness (QED) is 0.836. The topological polar surface area (TPSA) is 42.3 Å². The average molecular weight is 294 g/mol. The number of morpholine rings is 1. The van der Waals surface area contributed by atoms with Crippen LogP contribution in [-0.4, -0.2) is 53.1 Å². The summed E-state index contributed by atoms with van der Waals surface area (Å²) in [5.41, 5.74) is 1.24. The molecular formula is C16H30N4O. The van der Waals surface area contributed by atoms with Crippen LogP contribution >= 0.6 is 0 Å². The molecule has 120 valence electrons. The average Bonchev–Trinajstić information content (AvgIpc) is 2.93. The van der Waals surface area contributed by atoms with E-state index < -0.39 is 0 Å². The Morgan fingerprint density at radius 3 is 2.90 bits per heavy atom. The molecule has 1 fully saturated rings. The zero-order chi connectivity index (χ0) is 15.2. The predicted octanol–water partition coefficient (Wildman–Crippen LogP) is 2.05. The van der Waals surface area contributed by atoms with E-state index in [1.807, 2.05) is 10.9 Å². The van der Waals surface area contributed by atoms with Gasteiger partial charge in [0.2, 0.25) is 0 Å². The Balaban J connectivity index is 2.09. The van der Waals surface area contributed by atoms with Gasteiger partial charge in [0.1, 0.15) is 0 Å². The van der Waals surface area contributed by atoms with E-state index in [9.17, 15) is 0 Å². The molecule has 5 nitrogen and oxygen atoms in total. The molecule has 0 spiro atoms. The molecule has 2 heterocycles.